The van der Waals surface area contributed by atoms with Gasteiger partial charge >= 0.3 is 0 Å². The smallest absolute Gasteiger partial charge is 0.256 e. The van der Waals surface area contributed by atoms with Crippen molar-refractivity contribution in [2.75, 3.05) is 18.4 Å². The van der Waals surface area contributed by atoms with Crippen LogP contribution in [0.4, 0.5) is 9.39 Å². The SMILES string of the molecule is CCN1CCc2c(sc3c2C(=O)N[C@@H](c2ccc(-c4ccccc4F)o2)N3)C1. The van der Waals surface area contributed by atoms with Crippen molar-refractivity contribution in [1.82, 2.24) is 10.2 Å². The fourth-order valence-electron chi connectivity index (χ4n) is 3.89. The zero-order valence-electron chi connectivity index (χ0n) is 15.4. The third-order valence-corrected chi connectivity index (χ3v) is 6.56. The lowest BCUT2D eigenvalue weighted by molar-refractivity contribution is 0.0930. The van der Waals surface area contributed by atoms with Crippen LogP contribution in [-0.2, 0) is 13.0 Å². The van der Waals surface area contributed by atoms with Crippen LogP contribution in [0.3, 0.4) is 0 Å². The number of nitrogens with zero attached hydrogens (tertiary/aromatic N) is 1. The number of fused-ring (bicyclic) bond motifs is 3. The van der Waals surface area contributed by atoms with Gasteiger partial charge in [-0.25, -0.2) is 4.39 Å². The summed E-state index contributed by atoms with van der Waals surface area (Å²) in [6, 6.07) is 10.00. The van der Waals surface area contributed by atoms with Crippen molar-refractivity contribution in [3.05, 3.63) is 64.0 Å². The number of carbonyl (C=O) groups is 1. The van der Waals surface area contributed by atoms with Crippen LogP contribution in [0.15, 0.2) is 40.8 Å². The van der Waals surface area contributed by atoms with E-state index in [9.17, 15) is 9.18 Å². The third kappa shape index (κ3) is 2.82. The van der Waals surface area contributed by atoms with Gasteiger partial charge in [-0.05, 0) is 42.8 Å². The molecule has 1 aromatic carbocycles. The second-order valence-electron chi connectivity index (χ2n) is 7.06. The van der Waals surface area contributed by atoms with Crippen LogP contribution in [-0.4, -0.2) is 23.9 Å². The van der Waals surface area contributed by atoms with Gasteiger partial charge in [0.25, 0.3) is 5.91 Å². The lowest BCUT2D eigenvalue weighted by atomic mass is 10.0. The van der Waals surface area contributed by atoms with Crippen LogP contribution in [0, 0.1) is 5.82 Å². The maximum atomic E-state index is 14.0. The zero-order chi connectivity index (χ0) is 19.3. The van der Waals surface area contributed by atoms with Gasteiger partial charge in [0.15, 0.2) is 6.17 Å². The molecule has 0 radical (unpaired) electrons. The van der Waals surface area contributed by atoms with Crippen molar-refractivity contribution in [1.29, 1.82) is 0 Å². The molecule has 0 spiro atoms. The predicted molar refractivity (Wildman–Crippen MR) is 107 cm³/mol. The van der Waals surface area contributed by atoms with E-state index in [0.717, 1.165) is 36.6 Å². The Kier molecular flexibility index (Phi) is 4.21. The fourth-order valence-corrected chi connectivity index (χ4v) is 5.21. The van der Waals surface area contributed by atoms with Crippen molar-refractivity contribution in [3.63, 3.8) is 0 Å². The van der Waals surface area contributed by atoms with E-state index in [1.54, 1.807) is 41.7 Å². The zero-order valence-corrected chi connectivity index (χ0v) is 16.2. The average Bonchev–Trinajstić information content (AvgIpc) is 3.32. The summed E-state index contributed by atoms with van der Waals surface area (Å²) in [7, 11) is 0. The van der Waals surface area contributed by atoms with Crippen LogP contribution < -0.4 is 10.6 Å². The molecular weight excluding hydrogens is 377 g/mol. The van der Waals surface area contributed by atoms with E-state index >= 15 is 0 Å². The van der Waals surface area contributed by atoms with E-state index in [4.69, 9.17) is 4.42 Å². The van der Waals surface area contributed by atoms with Crippen molar-refractivity contribution < 1.29 is 13.6 Å². The molecule has 2 aliphatic heterocycles. The molecule has 7 heteroatoms. The van der Waals surface area contributed by atoms with Gasteiger partial charge in [0, 0.05) is 18.0 Å². The average molecular weight is 397 g/mol. The van der Waals surface area contributed by atoms with Crippen molar-refractivity contribution >= 4 is 22.2 Å². The molecule has 1 amide bonds. The number of thiophene rings is 1. The highest BCUT2D eigenvalue weighted by molar-refractivity contribution is 7.16. The molecule has 28 heavy (non-hydrogen) atoms. The quantitative estimate of drug-likeness (QED) is 0.689. The van der Waals surface area contributed by atoms with E-state index in [1.165, 1.54) is 16.5 Å². The maximum absolute atomic E-state index is 14.0. The van der Waals surface area contributed by atoms with Crippen LogP contribution >= 0.6 is 11.3 Å². The van der Waals surface area contributed by atoms with Gasteiger partial charge in [0.05, 0.1) is 11.1 Å². The van der Waals surface area contributed by atoms with E-state index in [2.05, 4.69) is 22.5 Å². The molecule has 0 aliphatic carbocycles. The Labute approximate surface area is 166 Å². The molecule has 1 atom stereocenters. The summed E-state index contributed by atoms with van der Waals surface area (Å²) in [5.41, 5.74) is 2.34. The van der Waals surface area contributed by atoms with Gasteiger partial charge in [-0.15, -0.1) is 11.3 Å². The number of furan rings is 1. The molecule has 4 heterocycles. The van der Waals surface area contributed by atoms with Crippen molar-refractivity contribution in [3.8, 4) is 11.3 Å². The van der Waals surface area contributed by atoms with Gasteiger partial charge in [0.1, 0.15) is 22.3 Å². The third-order valence-electron chi connectivity index (χ3n) is 5.41. The molecular formula is C21H20FN3O2S. The first-order chi connectivity index (χ1) is 13.6. The molecule has 5 rings (SSSR count). The number of hydrogen-bond acceptors (Lipinski definition) is 5. The second-order valence-corrected chi connectivity index (χ2v) is 8.16. The summed E-state index contributed by atoms with van der Waals surface area (Å²) in [4.78, 5) is 16.5. The predicted octanol–water partition coefficient (Wildman–Crippen LogP) is 4.38. The number of rotatable bonds is 3. The number of amides is 1. The Balaban J connectivity index is 1.44. The molecule has 0 fully saturated rings. The molecule has 2 aromatic heterocycles. The lowest BCUT2D eigenvalue weighted by Gasteiger charge is -2.27. The van der Waals surface area contributed by atoms with Crippen LogP contribution in [0.5, 0.6) is 0 Å². The highest BCUT2D eigenvalue weighted by atomic mass is 32.1. The molecule has 0 unspecified atom stereocenters. The minimum absolute atomic E-state index is 0.0787. The number of halogens is 1. The van der Waals surface area contributed by atoms with Gasteiger partial charge in [-0.2, -0.15) is 0 Å². The first-order valence-corrected chi connectivity index (χ1v) is 10.2. The number of hydrogen-bond donors (Lipinski definition) is 2. The number of nitrogens with one attached hydrogen (secondary N) is 2. The van der Waals surface area contributed by atoms with Gasteiger partial charge in [-0.3, -0.25) is 9.69 Å². The first kappa shape index (κ1) is 17.5. The highest BCUT2D eigenvalue weighted by Gasteiger charge is 2.34. The number of likely N-dealkylation sites (N-methyl/N-ethyl adjacent to an activating group) is 1. The molecule has 0 bridgehead atoms. The molecule has 0 saturated carbocycles. The fraction of sp³-hybridized carbons (Fsp3) is 0.286. The highest BCUT2D eigenvalue weighted by Crippen LogP contribution is 2.41. The molecule has 2 aliphatic rings. The summed E-state index contributed by atoms with van der Waals surface area (Å²) in [5, 5.41) is 7.27. The number of anilines is 1. The van der Waals surface area contributed by atoms with E-state index in [1.807, 2.05) is 0 Å². The number of carbonyl (C=O) groups excluding carboxylic acids is 1. The summed E-state index contributed by atoms with van der Waals surface area (Å²) in [6.07, 6.45) is 0.426. The Bertz CT molecular complexity index is 1060. The van der Waals surface area contributed by atoms with Crippen LogP contribution in [0.25, 0.3) is 11.3 Å². The maximum Gasteiger partial charge on any atom is 0.256 e. The van der Waals surface area contributed by atoms with Crippen LogP contribution in [0.2, 0.25) is 0 Å². The van der Waals surface area contributed by atoms with E-state index < -0.39 is 6.17 Å². The van der Waals surface area contributed by atoms with Crippen LogP contribution in [0.1, 0.15) is 39.6 Å². The van der Waals surface area contributed by atoms with Crippen molar-refractivity contribution in [2.24, 2.45) is 0 Å². The standard InChI is InChI=1S/C21H20FN3O2S/c1-2-25-10-9-13-17(11-25)28-21-18(13)20(26)23-19(24-21)16-8-7-15(27-16)12-5-3-4-6-14(12)22/h3-8,19,24H,2,9-11H2,1H3,(H,23,26)/t19-/m1/s1. The molecule has 2 N–H and O–H groups in total. The molecule has 0 saturated heterocycles. The molecule has 3 aromatic rings. The summed E-state index contributed by atoms with van der Waals surface area (Å²) in [5.74, 6) is 0.584. The molecule has 144 valence electrons. The topological polar surface area (TPSA) is 57.5 Å². The monoisotopic (exact) mass is 397 g/mol. The Hall–Kier alpha value is -2.64. The Morgan fingerprint density at radius 3 is 2.93 bits per heavy atom. The number of benzene rings is 1. The summed E-state index contributed by atoms with van der Waals surface area (Å²) >= 11 is 1.65. The van der Waals surface area contributed by atoms with Gasteiger partial charge in [0.2, 0.25) is 0 Å². The van der Waals surface area contributed by atoms with Gasteiger partial charge in [-0.1, -0.05) is 19.1 Å². The lowest BCUT2D eigenvalue weighted by Crippen LogP contribution is -2.38. The van der Waals surface area contributed by atoms with E-state index in [-0.39, 0.29) is 11.7 Å². The summed E-state index contributed by atoms with van der Waals surface area (Å²) in [6.45, 7) is 5.04. The second kappa shape index (κ2) is 6.76. The Morgan fingerprint density at radius 1 is 1.25 bits per heavy atom. The summed E-state index contributed by atoms with van der Waals surface area (Å²) < 4.78 is 19.9. The van der Waals surface area contributed by atoms with Gasteiger partial charge < -0.3 is 15.1 Å². The minimum Gasteiger partial charge on any atom is -0.457 e. The van der Waals surface area contributed by atoms with E-state index in [0.29, 0.717) is 17.1 Å². The molecule has 5 nitrogen and oxygen atoms in total. The Morgan fingerprint density at radius 2 is 2.11 bits per heavy atom. The minimum atomic E-state index is -0.470. The normalized spacial score (nSPS) is 18.9. The largest absolute Gasteiger partial charge is 0.457 e. The first-order valence-electron chi connectivity index (χ1n) is 9.43. The van der Waals surface area contributed by atoms with Crippen molar-refractivity contribution in [2.45, 2.75) is 26.1 Å².